The van der Waals surface area contributed by atoms with Gasteiger partial charge in [-0.1, -0.05) is 26.0 Å². The van der Waals surface area contributed by atoms with Crippen LogP contribution in [0.3, 0.4) is 0 Å². The van der Waals surface area contributed by atoms with Crippen molar-refractivity contribution >= 4 is 15.9 Å². The highest BCUT2D eigenvalue weighted by atomic mass is 32.2. The molecule has 0 saturated carbocycles. The number of rotatable bonds is 8. The zero-order chi connectivity index (χ0) is 16.8. The van der Waals surface area contributed by atoms with E-state index in [0.29, 0.717) is 17.9 Å². The van der Waals surface area contributed by atoms with E-state index in [9.17, 15) is 13.2 Å². The molecular weight excluding hydrogens is 304 g/mol. The summed E-state index contributed by atoms with van der Waals surface area (Å²) in [4.78, 5) is 12.1. The molecular formula is C15H24N2O4S. The molecule has 1 amide bonds. The van der Waals surface area contributed by atoms with Gasteiger partial charge in [0.15, 0.2) is 0 Å². The van der Waals surface area contributed by atoms with Crippen molar-refractivity contribution < 1.29 is 17.9 Å². The third-order valence-electron chi connectivity index (χ3n) is 3.04. The first kappa shape index (κ1) is 18.4. The Labute approximate surface area is 132 Å². The van der Waals surface area contributed by atoms with Gasteiger partial charge in [0.25, 0.3) is 5.91 Å². The average Bonchev–Trinajstić information content (AvgIpc) is 2.44. The lowest BCUT2D eigenvalue weighted by Crippen LogP contribution is -2.39. The first-order valence-electron chi connectivity index (χ1n) is 7.12. The van der Waals surface area contributed by atoms with Gasteiger partial charge in [-0.05, 0) is 18.1 Å². The van der Waals surface area contributed by atoms with Crippen LogP contribution in [-0.4, -0.2) is 51.6 Å². The van der Waals surface area contributed by atoms with Gasteiger partial charge in [-0.15, -0.1) is 0 Å². The monoisotopic (exact) mass is 328 g/mol. The Morgan fingerprint density at radius 1 is 1.32 bits per heavy atom. The van der Waals surface area contributed by atoms with E-state index in [1.54, 1.807) is 24.3 Å². The number of benzene rings is 1. The van der Waals surface area contributed by atoms with Crippen molar-refractivity contribution in [3.8, 4) is 5.75 Å². The number of ether oxygens (including phenoxy) is 1. The van der Waals surface area contributed by atoms with Crippen molar-refractivity contribution in [2.75, 3.05) is 33.0 Å². The van der Waals surface area contributed by atoms with Gasteiger partial charge >= 0.3 is 0 Å². The average molecular weight is 328 g/mol. The summed E-state index contributed by atoms with van der Waals surface area (Å²) in [6.45, 7) is 4.83. The second-order valence-corrected chi connectivity index (χ2v) is 7.45. The fourth-order valence-electron chi connectivity index (χ4n) is 2.02. The lowest BCUT2D eigenvalue weighted by Gasteiger charge is -2.22. The number of methoxy groups -OCH3 is 1. The molecule has 0 aliphatic carbocycles. The maximum atomic E-state index is 12.1. The normalized spacial score (nSPS) is 11.7. The van der Waals surface area contributed by atoms with Crippen LogP contribution >= 0.6 is 0 Å². The highest BCUT2D eigenvalue weighted by molar-refractivity contribution is 7.88. The number of carbonyl (C=O) groups is 1. The lowest BCUT2D eigenvalue weighted by molar-refractivity contribution is 0.0948. The number of para-hydroxylation sites is 1. The van der Waals surface area contributed by atoms with Gasteiger partial charge in [0.05, 0.1) is 18.9 Å². The van der Waals surface area contributed by atoms with Crippen LogP contribution in [0.5, 0.6) is 5.75 Å². The zero-order valence-corrected chi connectivity index (χ0v) is 14.3. The maximum Gasteiger partial charge on any atom is 0.255 e. The Morgan fingerprint density at radius 2 is 1.95 bits per heavy atom. The van der Waals surface area contributed by atoms with E-state index in [2.05, 4.69) is 5.32 Å². The number of carbonyl (C=O) groups excluding carboxylic acids is 1. The van der Waals surface area contributed by atoms with Crippen LogP contribution in [0.4, 0.5) is 0 Å². The van der Waals surface area contributed by atoms with Gasteiger partial charge in [0.1, 0.15) is 5.75 Å². The number of nitrogens with zero attached hydrogens (tertiary/aromatic N) is 1. The summed E-state index contributed by atoms with van der Waals surface area (Å²) in [5.74, 6) is 0.428. The minimum Gasteiger partial charge on any atom is -0.496 e. The van der Waals surface area contributed by atoms with Crippen LogP contribution in [-0.2, 0) is 10.0 Å². The first-order chi connectivity index (χ1) is 10.3. The molecule has 22 heavy (non-hydrogen) atoms. The molecule has 0 fully saturated rings. The van der Waals surface area contributed by atoms with E-state index >= 15 is 0 Å². The van der Waals surface area contributed by atoms with Crippen molar-refractivity contribution in [1.29, 1.82) is 0 Å². The van der Waals surface area contributed by atoms with E-state index in [0.717, 1.165) is 0 Å². The molecule has 6 nitrogen and oxygen atoms in total. The minimum atomic E-state index is -3.28. The quantitative estimate of drug-likeness (QED) is 0.781. The minimum absolute atomic E-state index is 0.222. The van der Waals surface area contributed by atoms with Crippen LogP contribution in [0.25, 0.3) is 0 Å². The third kappa shape index (κ3) is 5.65. The topological polar surface area (TPSA) is 75.7 Å². The van der Waals surface area contributed by atoms with E-state index in [4.69, 9.17) is 4.74 Å². The van der Waals surface area contributed by atoms with Crippen LogP contribution in [0.2, 0.25) is 0 Å². The molecule has 1 N–H and O–H groups in total. The van der Waals surface area contributed by atoms with Crippen molar-refractivity contribution in [2.45, 2.75) is 13.8 Å². The SMILES string of the molecule is COc1ccccc1C(=O)NCCN(CC(C)C)S(C)(=O)=O. The van der Waals surface area contributed by atoms with Gasteiger partial charge in [-0.2, -0.15) is 0 Å². The summed E-state index contributed by atoms with van der Waals surface area (Å²) in [7, 11) is -1.78. The third-order valence-corrected chi connectivity index (χ3v) is 4.31. The van der Waals surface area contributed by atoms with E-state index in [-0.39, 0.29) is 24.9 Å². The number of nitrogens with one attached hydrogen (secondary N) is 1. The Balaban J connectivity index is 2.63. The number of hydrogen-bond donors (Lipinski definition) is 1. The Bertz CT molecular complexity index is 599. The molecule has 1 rings (SSSR count). The molecule has 1 aromatic carbocycles. The van der Waals surface area contributed by atoms with Crippen molar-refractivity contribution in [3.63, 3.8) is 0 Å². The Hall–Kier alpha value is -1.60. The molecule has 0 aliphatic rings. The standard InChI is InChI=1S/C15H24N2O4S/c1-12(2)11-17(22(4,19)20)10-9-16-15(18)13-7-5-6-8-14(13)21-3/h5-8,12H,9-11H2,1-4H3,(H,16,18). The molecule has 1 aromatic rings. The summed E-state index contributed by atoms with van der Waals surface area (Å²) in [5, 5.41) is 2.72. The van der Waals surface area contributed by atoms with Gasteiger partial charge < -0.3 is 10.1 Å². The zero-order valence-electron chi connectivity index (χ0n) is 13.5. The van der Waals surface area contributed by atoms with Crippen molar-refractivity contribution in [3.05, 3.63) is 29.8 Å². The smallest absolute Gasteiger partial charge is 0.255 e. The molecule has 0 saturated heterocycles. The maximum absolute atomic E-state index is 12.1. The molecule has 0 radical (unpaired) electrons. The highest BCUT2D eigenvalue weighted by Gasteiger charge is 2.18. The second-order valence-electron chi connectivity index (χ2n) is 5.47. The van der Waals surface area contributed by atoms with Crippen LogP contribution in [0.1, 0.15) is 24.2 Å². The van der Waals surface area contributed by atoms with Crippen molar-refractivity contribution in [1.82, 2.24) is 9.62 Å². The van der Waals surface area contributed by atoms with Crippen molar-refractivity contribution in [2.24, 2.45) is 5.92 Å². The lowest BCUT2D eigenvalue weighted by atomic mass is 10.2. The largest absolute Gasteiger partial charge is 0.496 e. The molecule has 0 aromatic heterocycles. The first-order valence-corrected chi connectivity index (χ1v) is 8.97. The number of sulfonamides is 1. The van der Waals surface area contributed by atoms with E-state index in [1.807, 2.05) is 13.8 Å². The van der Waals surface area contributed by atoms with Gasteiger partial charge in [0, 0.05) is 19.6 Å². The van der Waals surface area contributed by atoms with Crippen LogP contribution < -0.4 is 10.1 Å². The fraction of sp³-hybridized carbons (Fsp3) is 0.533. The number of hydrogen-bond acceptors (Lipinski definition) is 4. The van der Waals surface area contributed by atoms with Gasteiger partial charge in [-0.25, -0.2) is 12.7 Å². The molecule has 0 spiro atoms. The summed E-state index contributed by atoms with van der Waals surface area (Å²) in [5.41, 5.74) is 0.430. The van der Waals surface area contributed by atoms with Gasteiger partial charge in [0.2, 0.25) is 10.0 Å². The van der Waals surface area contributed by atoms with E-state index < -0.39 is 10.0 Å². The second kappa shape index (κ2) is 8.14. The van der Waals surface area contributed by atoms with Gasteiger partial charge in [-0.3, -0.25) is 4.79 Å². The molecule has 0 unspecified atom stereocenters. The molecule has 0 bridgehead atoms. The predicted octanol–water partition coefficient (Wildman–Crippen LogP) is 1.34. The van der Waals surface area contributed by atoms with E-state index in [1.165, 1.54) is 17.7 Å². The molecule has 0 aliphatic heterocycles. The summed E-state index contributed by atoms with van der Waals surface area (Å²) < 4.78 is 29.9. The number of amides is 1. The van der Waals surface area contributed by atoms with Crippen LogP contribution in [0, 0.1) is 5.92 Å². The summed E-state index contributed by atoms with van der Waals surface area (Å²) >= 11 is 0. The Kier molecular flexibility index (Phi) is 6.83. The molecule has 7 heteroatoms. The molecule has 124 valence electrons. The molecule has 0 atom stereocenters. The van der Waals surface area contributed by atoms with Crippen LogP contribution in [0.15, 0.2) is 24.3 Å². The molecule has 0 heterocycles. The summed E-state index contributed by atoms with van der Waals surface area (Å²) in [6.07, 6.45) is 1.18. The predicted molar refractivity (Wildman–Crippen MR) is 86.6 cm³/mol. The summed E-state index contributed by atoms with van der Waals surface area (Å²) in [6, 6.07) is 6.90. The highest BCUT2D eigenvalue weighted by Crippen LogP contribution is 2.16. The Morgan fingerprint density at radius 3 is 2.50 bits per heavy atom. The fourth-order valence-corrected chi connectivity index (χ4v) is 3.01.